The number of nitrogens with zero attached hydrogens (tertiary/aromatic N) is 1. The number of carbonyl (C=O) groups excluding carboxylic acids is 1. The van der Waals surface area contributed by atoms with Gasteiger partial charge < -0.3 is 4.98 Å². The van der Waals surface area contributed by atoms with Gasteiger partial charge in [-0.3, -0.25) is 9.69 Å². The van der Waals surface area contributed by atoms with Crippen LogP contribution in [0.25, 0.3) is 10.9 Å². The number of hydrogen-bond donors (Lipinski definition) is 1. The van der Waals surface area contributed by atoms with E-state index in [1.165, 1.54) is 10.5 Å². The van der Waals surface area contributed by atoms with E-state index in [9.17, 15) is 4.79 Å². The number of Topliss-reactive ketones (excluding diaryl/α,β-unsaturated/α-hetero) is 1. The second-order valence-corrected chi connectivity index (χ2v) is 6.99. The fraction of sp³-hybridized carbons (Fsp3) is 0.250. The first-order chi connectivity index (χ1) is 11.6. The lowest BCUT2D eigenvalue weighted by Gasteiger charge is -2.16. The van der Waals surface area contributed by atoms with Gasteiger partial charge in [-0.15, -0.1) is 11.8 Å². The molecule has 0 aliphatic carbocycles. The predicted molar refractivity (Wildman–Crippen MR) is 102 cm³/mol. The summed E-state index contributed by atoms with van der Waals surface area (Å²) in [6.07, 6.45) is 2.07. The van der Waals surface area contributed by atoms with Crippen molar-refractivity contribution in [1.29, 1.82) is 0 Å². The third-order valence-electron chi connectivity index (χ3n) is 4.20. The van der Waals surface area contributed by atoms with Crippen molar-refractivity contribution in [3.63, 3.8) is 0 Å². The van der Waals surface area contributed by atoms with E-state index in [0.717, 1.165) is 28.7 Å². The highest BCUT2D eigenvalue weighted by molar-refractivity contribution is 7.98. The van der Waals surface area contributed by atoms with E-state index in [2.05, 4.69) is 40.4 Å². The van der Waals surface area contributed by atoms with E-state index in [1.54, 1.807) is 11.8 Å². The Morgan fingerprint density at radius 3 is 2.54 bits per heavy atom. The molecule has 0 spiro atoms. The molecule has 3 nitrogen and oxygen atoms in total. The van der Waals surface area contributed by atoms with Crippen molar-refractivity contribution in [3.8, 4) is 0 Å². The maximum Gasteiger partial charge on any atom is 0.179 e. The molecule has 1 N–H and O–H groups in total. The van der Waals surface area contributed by atoms with E-state index in [0.29, 0.717) is 6.54 Å². The Bertz CT molecular complexity index is 852. The van der Waals surface area contributed by atoms with Crippen LogP contribution in [0, 0.1) is 6.92 Å². The molecular formula is C20H22N2OS. The number of nitrogens with one attached hydrogen (secondary N) is 1. The summed E-state index contributed by atoms with van der Waals surface area (Å²) in [7, 11) is 1.99. The van der Waals surface area contributed by atoms with Gasteiger partial charge in [-0.25, -0.2) is 0 Å². The molecule has 0 saturated carbocycles. The number of carbonyl (C=O) groups is 1. The van der Waals surface area contributed by atoms with Gasteiger partial charge in [0, 0.05) is 33.6 Å². The molecule has 0 amide bonds. The van der Waals surface area contributed by atoms with Crippen LogP contribution < -0.4 is 0 Å². The molecule has 1 aromatic heterocycles. The Balaban J connectivity index is 1.72. The monoisotopic (exact) mass is 338 g/mol. The largest absolute Gasteiger partial charge is 0.358 e. The summed E-state index contributed by atoms with van der Waals surface area (Å²) in [5.74, 6) is 0.160. The molecular weight excluding hydrogens is 316 g/mol. The zero-order valence-corrected chi connectivity index (χ0v) is 15.1. The molecule has 0 radical (unpaired) electrons. The molecule has 0 saturated heterocycles. The Kier molecular flexibility index (Phi) is 5.07. The first kappa shape index (κ1) is 16.8. The number of H-pyrrole nitrogens is 1. The minimum Gasteiger partial charge on any atom is -0.358 e. The molecule has 3 aromatic rings. The molecule has 3 rings (SSSR count). The molecule has 124 valence electrons. The van der Waals surface area contributed by atoms with Crippen LogP contribution in [0.4, 0.5) is 0 Å². The maximum atomic E-state index is 12.8. The SMILES string of the molecule is CSc1ccc(CN(C)CC(=O)c2c(C)[nH]c3ccccc23)cc1. The van der Waals surface area contributed by atoms with Crippen molar-refractivity contribution in [2.75, 3.05) is 19.8 Å². The predicted octanol–water partition coefficient (Wildman–Crippen LogP) is 4.51. The lowest BCUT2D eigenvalue weighted by Crippen LogP contribution is -2.25. The van der Waals surface area contributed by atoms with E-state index < -0.39 is 0 Å². The van der Waals surface area contributed by atoms with Crippen LogP contribution >= 0.6 is 11.8 Å². The molecule has 2 aromatic carbocycles. The summed E-state index contributed by atoms with van der Waals surface area (Å²) in [5.41, 5.74) is 4.00. The van der Waals surface area contributed by atoms with E-state index in [4.69, 9.17) is 0 Å². The van der Waals surface area contributed by atoms with E-state index >= 15 is 0 Å². The third-order valence-corrected chi connectivity index (χ3v) is 4.94. The summed E-state index contributed by atoms with van der Waals surface area (Å²) < 4.78 is 0. The van der Waals surface area contributed by atoms with Crippen LogP contribution in [0.1, 0.15) is 21.6 Å². The normalized spacial score (nSPS) is 11.3. The van der Waals surface area contributed by atoms with Gasteiger partial charge in [0.15, 0.2) is 5.78 Å². The van der Waals surface area contributed by atoms with Crippen LogP contribution in [0.3, 0.4) is 0 Å². The van der Waals surface area contributed by atoms with Crippen LogP contribution in [0.2, 0.25) is 0 Å². The highest BCUT2D eigenvalue weighted by atomic mass is 32.2. The van der Waals surface area contributed by atoms with Gasteiger partial charge in [-0.1, -0.05) is 30.3 Å². The van der Waals surface area contributed by atoms with Crippen molar-refractivity contribution in [3.05, 3.63) is 65.4 Å². The average molecular weight is 338 g/mol. The number of aryl methyl sites for hydroxylation is 1. The van der Waals surface area contributed by atoms with Gasteiger partial charge in [0.05, 0.1) is 6.54 Å². The summed E-state index contributed by atoms with van der Waals surface area (Å²) in [6.45, 7) is 3.14. The molecule has 1 heterocycles. The number of hydrogen-bond acceptors (Lipinski definition) is 3. The quantitative estimate of drug-likeness (QED) is 0.530. The van der Waals surface area contributed by atoms with Gasteiger partial charge in [-0.05, 0) is 44.0 Å². The Labute approximate surface area is 147 Å². The topological polar surface area (TPSA) is 36.1 Å². The van der Waals surface area contributed by atoms with Crippen molar-refractivity contribution < 1.29 is 4.79 Å². The number of para-hydroxylation sites is 1. The third kappa shape index (κ3) is 3.55. The summed E-state index contributed by atoms with van der Waals surface area (Å²) >= 11 is 1.74. The Hall–Kier alpha value is -2.04. The number of thioether (sulfide) groups is 1. The number of aromatic amines is 1. The molecule has 0 aliphatic heterocycles. The average Bonchev–Trinajstić information content (AvgIpc) is 2.91. The van der Waals surface area contributed by atoms with Gasteiger partial charge in [0.25, 0.3) is 0 Å². The molecule has 24 heavy (non-hydrogen) atoms. The number of aromatic nitrogens is 1. The standard InChI is InChI=1S/C20H22N2OS/c1-14-20(17-6-4-5-7-18(17)21-14)19(23)13-22(2)12-15-8-10-16(24-3)11-9-15/h4-11,21H,12-13H2,1-3H3. The summed E-state index contributed by atoms with van der Waals surface area (Å²) in [5, 5.41) is 1.01. The van der Waals surface area contributed by atoms with E-state index in [-0.39, 0.29) is 5.78 Å². The first-order valence-electron chi connectivity index (χ1n) is 8.00. The second-order valence-electron chi connectivity index (χ2n) is 6.11. The first-order valence-corrected chi connectivity index (χ1v) is 9.23. The number of benzene rings is 2. The van der Waals surface area contributed by atoms with Gasteiger partial charge in [0.2, 0.25) is 0 Å². The maximum absolute atomic E-state index is 12.8. The lowest BCUT2D eigenvalue weighted by molar-refractivity contribution is 0.0944. The molecule has 0 aliphatic rings. The van der Waals surface area contributed by atoms with Crippen molar-refractivity contribution in [1.82, 2.24) is 9.88 Å². The molecule has 0 bridgehead atoms. The van der Waals surface area contributed by atoms with Crippen LogP contribution in [0.15, 0.2) is 53.4 Å². The minimum absolute atomic E-state index is 0.160. The Morgan fingerprint density at radius 2 is 1.83 bits per heavy atom. The number of ketones is 1. The summed E-state index contributed by atoms with van der Waals surface area (Å²) in [6, 6.07) is 16.5. The fourth-order valence-corrected chi connectivity index (χ4v) is 3.47. The number of likely N-dealkylation sites (N-methyl/N-ethyl adjacent to an activating group) is 1. The van der Waals surface area contributed by atoms with E-state index in [1.807, 2.05) is 38.2 Å². The van der Waals surface area contributed by atoms with Crippen LogP contribution in [-0.4, -0.2) is 35.5 Å². The lowest BCUT2D eigenvalue weighted by atomic mass is 10.1. The zero-order valence-electron chi connectivity index (χ0n) is 14.3. The van der Waals surface area contributed by atoms with Crippen LogP contribution in [0.5, 0.6) is 0 Å². The summed E-state index contributed by atoms with van der Waals surface area (Å²) in [4.78, 5) is 19.4. The molecule has 0 unspecified atom stereocenters. The highest BCUT2D eigenvalue weighted by Crippen LogP contribution is 2.22. The van der Waals surface area contributed by atoms with Gasteiger partial charge in [0.1, 0.15) is 0 Å². The van der Waals surface area contributed by atoms with Gasteiger partial charge in [-0.2, -0.15) is 0 Å². The zero-order chi connectivity index (χ0) is 17.1. The van der Waals surface area contributed by atoms with Crippen molar-refractivity contribution >= 4 is 28.4 Å². The fourth-order valence-electron chi connectivity index (χ4n) is 3.06. The highest BCUT2D eigenvalue weighted by Gasteiger charge is 2.17. The number of rotatable bonds is 6. The number of fused-ring (bicyclic) bond motifs is 1. The van der Waals surface area contributed by atoms with Crippen LogP contribution in [-0.2, 0) is 6.54 Å². The second kappa shape index (κ2) is 7.24. The molecule has 0 fully saturated rings. The van der Waals surface area contributed by atoms with Crippen molar-refractivity contribution in [2.24, 2.45) is 0 Å². The molecule has 4 heteroatoms. The smallest absolute Gasteiger partial charge is 0.179 e. The van der Waals surface area contributed by atoms with Gasteiger partial charge >= 0.3 is 0 Å². The van der Waals surface area contributed by atoms with Crippen molar-refractivity contribution in [2.45, 2.75) is 18.4 Å². The Morgan fingerprint density at radius 1 is 1.12 bits per heavy atom. The molecule has 0 atom stereocenters. The minimum atomic E-state index is 0.160.